The Kier molecular flexibility index (Phi) is 8.26. The number of allylic oxidation sites excluding steroid dienone is 1. The highest BCUT2D eigenvalue weighted by Gasteiger charge is 2.57. The van der Waals surface area contributed by atoms with Crippen molar-refractivity contribution in [3.05, 3.63) is 11.8 Å². The largest absolute Gasteiger partial charge is 0.486 e. The molecule has 0 aromatic carbocycles. The highest BCUT2D eigenvalue weighted by molar-refractivity contribution is 5.25. The average molecular weight is 421 g/mol. The van der Waals surface area contributed by atoms with Crippen molar-refractivity contribution < 1.29 is 23.7 Å². The third-order valence-corrected chi connectivity index (χ3v) is 5.87. The number of unbranched alkanes of at least 4 members (excludes halogenated alkanes) is 8. The minimum atomic E-state index is -0.643. The number of ether oxygens (including phenoxy) is 5. The number of hydrogen-bond donors (Lipinski definition) is 0. The van der Waals surface area contributed by atoms with Gasteiger partial charge in [-0.2, -0.15) is 0 Å². The van der Waals surface area contributed by atoms with Crippen LogP contribution in [0, 0.1) is 11.8 Å². The van der Waals surface area contributed by atoms with Crippen molar-refractivity contribution in [1.29, 1.82) is 0 Å². The molecule has 0 amide bonds. The molecule has 0 saturated carbocycles. The molecule has 3 fully saturated rings. The van der Waals surface area contributed by atoms with Crippen molar-refractivity contribution in [2.75, 3.05) is 6.61 Å². The van der Waals surface area contributed by atoms with Crippen LogP contribution in [-0.4, -0.2) is 42.6 Å². The summed E-state index contributed by atoms with van der Waals surface area (Å²) in [6.07, 6.45) is 12.4. The minimum absolute atomic E-state index is 0.179. The first-order valence-corrected chi connectivity index (χ1v) is 11.8. The van der Waals surface area contributed by atoms with E-state index in [9.17, 15) is 0 Å². The van der Waals surface area contributed by atoms with E-state index in [1.807, 2.05) is 33.8 Å². The van der Waals surface area contributed by atoms with E-state index in [0.29, 0.717) is 6.61 Å². The van der Waals surface area contributed by atoms with Crippen LogP contribution in [0.5, 0.6) is 0 Å². The standard InChI is InChI=1S/C25H40O5/c1-6-7-8-9-10-11-12-13-14-15-16-17-19-22-23(30-25(4,5)29-22)21(27-19)20-18-26-24(2,3)28-20/h17,20-23H,6-14,18H2,1-5H3/b19-17+/t20-,21-,22-,23+/m1/s1. The zero-order valence-electron chi connectivity index (χ0n) is 19.5. The Labute approximate surface area is 182 Å². The monoisotopic (exact) mass is 420 g/mol. The Hall–Kier alpha value is -1.06. The number of hydrogen-bond acceptors (Lipinski definition) is 5. The second kappa shape index (κ2) is 10.5. The Morgan fingerprint density at radius 1 is 0.867 bits per heavy atom. The van der Waals surface area contributed by atoms with E-state index in [0.717, 1.165) is 18.6 Å². The first-order chi connectivity index (χ1) is 14.3. The van der Waals surface area contributed by atoms with Crippen LogP contribution >= 0.6 is 0 Å². The molecule has 170 valence electrons. The highest BCUT2D eigenvalue weighted by atomic mass is 16.8. The fourth-order valence-corrected chi connectivity index (χ4v) is 4.36. The second-order valence-corrected chi connectivity index (χ2v) is 9.56. The number of fused-ring (bicyclic) bond motifs is 1. The molecule has 0 radical (unpaired) electrons. The zero-order valence-corrected chi connectivity index (χ0v) is 19.5. The third-order valence-electron chi connectivity index (χ3n) is 5.87. The summed E-state index contributed by atoms with van der Waals surface area (Å²) >= 11 is 0. The summed E-state index contributed by atoms with van der Waals surface area (Å²) in [5, 5.41) is 0. The van der Waals surface area contributed by atoms with Crippen LogP contribution < -0.4 is 0 Å². The molecule has 3 aliphatic rings. The summed E-state index contributed by atoms with van der Waals surface area (Å²) in [5.74, 6) is 5.94. The molecular formula is C25H40O5. The lowest BCUT2D eigenvalue weighted by molar-refractivity contribution is -0.187. The summed E-state index contributed by atoms with van der Waals surface area (Å²) in [7, 11) is 0. The molecular weight excluding hydrogens is 380 g/mol. The predicted octanol–water partition coefficient (Wildman–Crippen LogP) is 5.47. The van der Waals surface area contributed by atoms with Crippen molar-refractivity contribution in [2.24, 2.45) is 0 Å². The van der Waals surface area contributed by atoms with Crippen molar-refractivity contribution >= 4 is 0 Å². The Morgan fingerprint density at radius 2 is 1.57 bits per heavy atom. The van der Waals surface area contributed by atoms with Crippen molar-refractivity contribution in [3.63, 3.8) is 0 Å². The number of rotatable bonds is 9. The molecule has 0 N–H and O–H groups in total. The van der Waals surface area contributed by atoms with Gasteiger partial charge in [0.15, 0.2) is 17.7 Å². The molecule has 0 aliphatic carbocycles. The highest BCUT2D eigenvalue weighted by Crippen LogP contribution is 2.43. The Bertz CT molecular complexity index is 642. The molecule has 30 heavy (non-hydrogen) atoms. The van der Waals surface area contributed by atoms with Gasteiger partial charge in [-0.15, -0.1) is 0 Å². The predicted molar refractivity (Wildman–Crippen MR) is 117 cm³/mol. The molecule has 3 saturated heterocycles. The minimum Gasteiger partial charge on any atom is -0.486 e. The van der Waals surface area contributed by atoms with E-state index in [2.05, 4.69) is 18.8 Å². The lowest BCUT2D eigenvalue weighted by Gasteiger charge is -2.25. The van der Waals surface area contributed by atoms with Crippen LogP contribution in [0.1, 0.15) is 92.4 Å². The van der Waals surface area contributed by atoms with Gasteiger partial charge in [0.2, 0.25) is 0 Å². The van der Waals surface area contributed by atoms with Gasteiger partial charge in [-0.25, -0.2) is 0 Å². The van der Waals surface area contributed by atoms with Crippen LogP contribution in [-0.2, 0) is 23.7 Å². The van der Waals surface area contributed by atoms with E-state index >= 15 is 0 Å². The molecule has 0 unspecified atom stereocenters. The quantitative estimate of drug-likeness (QED) is 0.365. The van der Waals surface area contributed by atoms with Crippen molar-refractivity contribution in [2.45, 2.75) is 128 Å². The topological polar surface area (TPSA) is 46.2 Å². The van der Waals surface area contributed by atoms with E-state index in [1.165, 1.54) is 44.9 Å². The molecule has 0 bridgehead atoms. The van der Waals surface area contributed by atoms with Gasteiger partial charge in [0.1, 0.15) is 24.1 Å². The lowest BCUT2D eigenvalue weighted by atomic mass is 10.1. The fourth-order valence-electron chi connectivity index (χ4n) is 4.36. The summed E-state index contributed by atoms with van der Waals surface area (Å²) in [6.45, 7) is 10.5. The first-order valence-electron chi connectivity index (χ1n) is 11.8. The molecule has 5 heteroatoms. The second-order valence-electron chi connectivity index (χ2n) is 9.56. The van der Waals surface area contributed by atoms with Gasteiger partial charge < -0.3 is 23.7 Å². The van der Waals surface area contributed by atoms with Crippen molar-refractivity contribution in [3.8, 4) is 11.8 Å². The maximum absolute atomic E-state index is 6.19. The Morgan fingerprint density at radius 3 is 2.23 bits per heavy atom. The summed E-state index contributed by atoms with van der Waals surface area (Å²) < 4.78 is 30.2. The maximum atomic E-state index is 6.19. The van der Waals surface area contributed by atoms with Gasteiger partial charge in [0.25, 0.3) is 0 Å². The molecule has 4 atom stereocenters. The average Bonchev–Trinajstić information content (AvgIpc) is 3.30. The van der Waals surface area contributed by atoms with Crippen LogP contribution in [0.3, 0.4) is 0 Å². The normalized spacial score (nSPS) is 32.6. The van der Waals surface area contributed by atoms with Gasteiger partial charge in [0.05, 0.1) is 6.61 Å². The summed E-state index contributed by atoms with van der Waals surface area (Å²) in [5.41, 5.74) is 0. The van der Waals surface area contributed by atoms with Gasteiger partial charge >= 0.3 is 0 Å². The molecule has 0 aromatic rings. The maximum Gasteiger partial charge on any atom is 0.164 e. The lowest BCUT2D eigenvalue weighted by Crippen LogP contribution is -2.40. The molecule has 0 aromatic heterocycles. The SMILES string of the molecule is CCCCCCCCCCC#C/C=C1/O[C@H]([C@H]2COC(C)(C)O2)[C@@H]2OC(C)(C)O[C@H]12. The fraction of sp³-hybridized carbons (Fsp3) is 0.840. The van der Waals surface area contributed by atoms with Crippen LogP contribution in [0.15, 0.2) is 11.8 Å². The molecule has 3 heterocycles. The van der Waals surface area contributed by atoms with Gasteiger partial charge in [0, 0.05) is 12.5 Å². The third kappa shape index (κ3) is 6.47. The molecule has 5 nitrogen and oxygen atoms in total. The van der Waals surface area contributed by atoms with Gasteiger partial charge in [-0.05, 0) is 34.1 Å². The van der Waals surface area contributed by atoms with Crippen LogP contribution in [0.2, 0.25) is 0 Å². The molecule has 0 spiro atoms. The van der Waals surface area contributed by atoms with Crippen LogP contribution in [0.4, 0.5) is 0 Å². The summed E-state index contributed by atoms with van der Waals surface area (Å²) in [4.78, 5) is 0. The van der Waals surface area contributed by atoms with Gasteiger partial charge in [-0.1, -0.05) is 63.7 Å². The van der Waals surface area contributed by atoms with E-state index in [-0.39, 0.29) is 24.4 Å². The first kappa shape index (κ1) is 23.6. The van der Waals surface area contributed by atoms with Gasteiger partial charge in [-0.3, -0.25) is 0 Å². The van der Waals surface area contributed by atoms with E-state index < -0.39 is 11.6 Å². The summed E-state index contributed by atoms with van der Waals surface area (Å²) in [6, 6.07) is 0. The molecule has 3 rings (SSSR count). The van der Waals surface area contributed by atoms with E-state index in [1.54, 1.807) is 0 Å². The molecule has 3 aliphatic heterocycles. The zero-order chi connectivity index (χ0) is 21.6. The van der Waals surface area contributed by atoms with Crippen LogP contribution in [0.25, 0.3) is 0 Å². The Balaban J connectivity index is 1.47. The van der Waals surface area contributed by atoms with E-state index in [4.69, 9.17) is 23.7 Å². The smallest absolute Gasteiger partial charge is 0.164 e. The van der Waals surface area contributed by atoms with Crippen molar-refractivity contribution in [1.82, 2.24) is 0 Å².